The Morgan fingerprint density at radius 3 is 2.76 bits per heavy atom. The number of aliphatic hydroxyl groups excluding tert-OH is 3. The van der Waals surface area contributed by atoms with Crippen LogP contribution in [0.15, 0.2) is 11.6 Å². The van der Waals surface area contributed by atoms with Gasteiger partial charge in [-0.3, -0.25) is 0 Å². The third kappa shape index (κ3) is 3.84. The Labute approximate surface area is 152 Å². The van der Waals surface area contributed by atoms with Crippen LogP contribution < -0.4 is 11.1 Å². The second-order valence-corrected chi connectivity index (χ2v) is 6.85. The molecule has 8 nitrogen and oxygen atoms in total. The van der Waals surface area contributed by atoms with Crippen molar-refractivity contribution < 1.29 is 15.3 Å². The number of rotatable bonds is 3. The molecule has 1 fully saturated rings. The average molecular weight is 382 g/mol. The number of hydrogen-bond acceptors (Lipinski definition) is 9. The van der Waals surface area contributed by atoms with Gasteiger partial charge in [-0.15, -0.1) is 11.3 Å². The van der Waals surface area contributed by atoms with E-state index in [9.17, 15) is 15.3 Å². The van der Waals surface area contributed by atoms with Crippen LogP contribution in [0.25, 0.3) is 0 Å². The molecule has 1 saturated carbocycles. The maximum Gasteiger partial charge on any atom is 0.223 e. The Balaban J connectivity index is 1.90. The van der Waals surface area contributed by atoms with E-state index in [1.165, 1.54) is 11.3 Å². The van der Waals surface area contributed by atoms with Crippen LogP contribution in [0.4, 0.5) is 11.8 Å². The highest BCUT2D eigenvalue weighted by atomic mass is 35.5. The highest BCUT2D eigenvalue weighted by molar-refractivity contribution is 7.10. The van der Waals surface area contributed by atoms with Crippen molar-refractivity contribution in [3.8, 4) is 11.8 Å². The van der Waals surface area contributed by atoms with E-state index in [0.29, 0.717) is 17.0 Å². The highest BCUT2D eigenvalue weighted by Crippen LogP contribution is 2.30. The minimum absolute atomic E-state index is 0.0426. The number of aliphatic hydroxyl groups is 3. The van der Waals surface area contributed by atoms with Crippen molar-refractivity contribution in [1.82, 2.24) is 15.0 Å². The molecule has 0 spiro atoms. The van der Waals surface area contributed by atoms with E-state index in [2.05, 4.69) is 32.1 Å². The Kier molecular flexibility index (Phi) is 5.36. The van der Waals surface area contributed by atoms with Crippen molar-refractivity contribution >= 4 is 34.7 Å². The van der Waals surface area contributed by atoms with Gasteiger partial charge in [0.15, 0.2) is 10.2 Å². The number of halogens is 1. The molecule has 132 valence electrons. The van der Waals surface area contributed by atoms with E-state index in [1.807, 2.05) is 0 Å². The van der Waals surface area contributed by atoms with Crippen LogP contribution in [-0.2, 0) is 0 Å². The zero-order valence-corrected chi connectivity index (χ0v) is 14.5. The predicted molar refractivity (Wildman–Crippen MR) is 94.2 cm³/mol. The number of nitrogens with zero attached hydrogens (tertiary/aromatic N) is 3. The second kappa shape index (κ2) is 7.51. The first kappa shape index (κ1) is 17.8. The van der Waals surface area contributed by atoms with Gasteiger partial charge in [0.1, 0.15) is 17.5 Å². The highest BCUT2D eigenvalue weighted by Gasteiger charge is 2.41. The summed E-state index contributed by atoms with van der Waals surface area (Å²) in [7, 11) is 0. The van der Waals surface area contributed by atoms with Gasteiger partial charge in [-0.25, -0.2) is 4.98 Å². The number of nitrogens with two attached hydrogens (primary N) is 1. The molecule has 0 unspecified atom stereocenters. The Morgan fingerprint density at radius 2 is 2.12 bits per heavy atom. The summed E-state index contributed by atoms with van der Waals surface area (Å²) in [4.78, 5) is 12.1. The van der Waals surface area contributed by atoms with Gasteiger partial charge in [0.25, 0.3) is 0 Å². The first-order valence-electron chi connectivity index (χ1n) is 7.47. The molecular weight excluding hydrogens is 366 g/mol. The number of anilines is 2. The molecule has 0 radical (unpaired) electrons. The molecule has 10 heteroatoms. The van der Waals surface area contributed by atoms with E-state index in [1.54, 1.807) is 11.6 Å². The fourth-order valence-electron chi connectivity index (χ4n) is 2.69. The summed E-state index contributed by atoms with van der Waals surface area (Å²) >= 11 is 7.52. The van der Waals surface area contributed by atoms with Gasteiger partial charge in [-0.2, -0.15) is 9.97 Å². The first-order valence-corrected chi connectivity index (χ1v) is 8.73. The summed E-state index contributed by atoms with van der Waals surface area (Å²) < 4.78 is 0. The van der Waals surface area contributed by atoms with Gasteiger partial charge in [0, 0.05) is 24.1 Å². The van der Waals surface area contributed by atoms with Crippen molar-refractivity contribution in [2.75, 3.05) is 17.7 Å². The Morgan fingerprint density at radius 1 is 1.32 bits per heavy atom. The van der Waals surface area contributed by atoms with E-state index in [4.69, 9.17) is 17.3 Å². The van der Waals surface area contributed by atoms with Crippen LogP contribution in [0.5, 0.6) is 0 Å². The molecular formula is C15H16ClN5O3S. The summed E-state index contributed by atoms with van der Waals surface area (Å²) in [5.41, 5.74) is 5.97. The lowest BCUT2D eigenvalue weighted by atomic mass is 10.1. The summed E-state index contributed by atoms with van der Waals surface area (Å²) in [5.74, 6) is 5.53. The SMILES string of the molecule is Nc1nc(Cl)c(C#Cc2nccs2)c(N[C@@H]2C[C@H](CO)[C@@H](O)[C@H]2O)n1. The molecule has 1 aliphatic rings. The van der Waals surface area contributed by atoms with Gasteiger partial charge in [0.05, 0.1) is 12.1 Å². The fourth-order valence-corrected chi connectivity index (χ4v) is 3.40. The lowest BCUT2D eigenvalue weighted by Crippen LogP contribution is -2.35. The van der Waals surface area contributed by atoms with Crippen LogP contribution in [0, 0.1) is 17.8 Å². The van der Waals surface area contributed by atoms with E-state index in [-0.39, 0.29) is 23.5 Å². The lowest BCUT2D eigenvalue weighted by Gasteiger charge is -2.19. The molecule has 2 aromatic rings. The molecule has 3 rings (SSSR count). The number of nitrogen functional groups attached to an aromatic ring is 1. The Hall–Kier alpha value is -1.96. The quantitative estimate of drug-likeness (QED) is 0.372. The van der Waals surface area contributed by atoms with Gasteiger partial charge in [-0.05, 0) is 12.3 Å². The zero-order chi connectivity index (χ0) is 18.0. The maximum atomic E-state index is 10.2. The second-order valence-electron chi connectivity index (χ2n) is 5.59. The van der Waals surface area contributed by atoms with Crippen LogP contribution in [0.1, 0.15) is 17.0 Å². The molecule has 6 N–H and O–H groups in total. The molecule has 0 bridgehead atoms. The lowest BCUT2D eigenvalue weighted by molar-refractivity contribution is 0.00445. The van der Waals surface area contributed by atoms with Gasteiger partial charge in [0.2, 0.25) is 5.95 Å². The largest absolute Gasteiger partial charge is 0.396 e. The first-order chi connectivity index (χ1) is 12.0. The standard InChI is InChI=1S/C15H16ClN5O3S/c16-13-8(1-2-10-18-3-4-25-10)14(21-15(17)20-13)19-9-5-7(6-22)11(23)12(9)24/h3-4,7,9,11-12,22-24H,5-6H2,(H3,17,19,20,21)/t7-,9-,11-,12+/m1/s1. The molecule has 0 saturated heterocycles. The normalized spacial score (nSPS) is 25.4. The number of nitrogens with one attached hydrogen (secondary N) is 1. The molecule has 0 aliphatic heterocycles. The molecule has 0 aromatic carbocycles. The van der Waals surface area contributed by atoms with Crippen molar-refractivity contribution in [3.63, 3.8) is 0 Å². The molecule has 0 amide bonds. The van der Waals surface area contributed by atoms with Gasteiger partial charge >= 0.3 is 0 Å². The van der Waals surface area contributed by atoms with Gasteiger partial charge in [-0.1, -0.05) is 17.5 Å². The summed E-state index contributed by atoms with van der Waals surface area (Å²) in [5, 5.41) is 34.9. The van der Waals surface area contributed by atoms with E-state index >= 15 is 0 Å². The van der Waals surface area contributed by atoms with Crippen molar-refractivity contribution in [1.29, 1.82) is 0 Å². The third-order valence-electron chi connectivity index (χ3n) is 3.97. The monoisotopic (exact) mass is 381 g/mol. The van der Waals surface area contributed by atoms with Crippen molar-refractivity contribution in [3.05, 3.63) is 27.3 Å². The molecule has 2 heterocycles. The summed E-state index contributed by atoms with van der Waals surface area (Å²) in [6.07, 6.45) is -0.0890. The van der Waals surface area contributed by atoms with Crippen molar-refractivity contribution in [2.45, 2.75) is 24.7 Å². The number of hydrogen-bond donors (Lipinski definition) is 5. The molecule has 4 atom stereocenters. The van der Waals surface area contributed by atoms with Crippen LogP contribution >= 0.6 is 22.9 Å². The van der Waals surface area contributed by atoms with E-state index < -0.39 is 24.2 Å². The molecule has 25 heavy (non-hydrogen) atoms. The van der Waals surface area contributed by atoms with Crippen LogP contribution in [0.2, 0.25) is 5.15 Å². The smallest absolute Gasteiger partial charge is 0.223 e. The third-order valence-corrected chi connectivity index (χ3v) is 4.93. The Bertz CT molecular complexity index is 807. The topological polar surface area (TPSA) is 137 Å². The zero-order valence-electron chi connectivity index (χ0n) is 12.9. The fraction of sp³-hybridized carbons (Fsp3) is 0.400. The molecule has 2 aromatic heterocycles. The average Bonchev–Trinajstić information content (AvgIpc) is 3.18. The maximum absolute atomic E-state index is 10.2. The van der Waals surface area contributed by atoms with Crippen LogP contribution in [-0.4, -0.2) is 55.1 Å². The summed E-state index contributed by atoms with van der Waals surface area (Å²) in [6.45, 7) is -0.222. The van der Waals surface area contributed by atoms with Crippen LogP contribution in [0.3, 0.4) is 0 Å². The summed E-state index contributed by atoms with van der Waals surface area (Å²) in [6, 6.07) is -0.530. The minimum atomic E-state index is -1.06. The number of aromatic nitrogens is 3. The van der Waals surface area contributed by atoms with Crippen molar-refractivity contribution in [2.24, 2.45) is 5.92 Å². The van der Waals surface area contributed by atoms with Gasteiger partial charge < -0.3 is 26.4 Å². The van der Waals surface area contributed by atoms with E-state index in [0.717, 1.165) is 0 Å². The minimum Gasteiger partial charge on any atom is -0.396 e. The molecule has 1 aliphatic carbocycles. The number of thiazole rings is 1. The predicted octanol–water partition coefficient (Wildman–Crippen LogP) is 0.0830.